The van der Waals surface area contributed by atoms with Crippen LogP contribution in [0.5, 0.6) is 0 Å². The van der Waals surface area contributed by atoms with Crippen LogP contribution in [0, 0.1) is 13.8 Å². The van der Waals surface area contributed by atoms with Gasteiger partial charge in [0.2, 0.25) is 0 Å². The van der Waals surface area contributed by atoms with E-state index in [0.717, 1.165) is 31.6 Å². The molecule has 1 heterocycles. The summed E-state index contributed by atoms with van der Waals surface area (Å²) in [5.74, 6) is 1.11. The van der Waals surface area contributed by atoms with Gasteiger partial charge in [0.05, 0.1) is 12.6 Å². The minimum absolute atomic E-state index is 0.299. The lowest BCUT2D eigenvalue weighted by Crippen LogP contribution is -2.32. The molecule has 98 valence electrons. The van der Waals surface area contributed by atoms with Gasteiger partial charge < -0.3 is 10.1 Å². The van der Waals surface area contributed by atoms with Crippen molar-refractivity contribution in [2.45, 2.75) is 39.2 Å². The molecule has 1 atom stereocenters. The van der Waals surface area contributed by atoms with E-state index in [-0.39, 0.29) is 0 Å². The fraction of sp³-hybridized carbons (Fsp3) is 0.500. The maximum atomic E-state index is 5.76. The topological polar surface area (TPSA) is 21.3 Å². The van der Waals surface area contributed by atoms with Crippen LogP contribution in [0.15, 0.2) is 30.0 Å². The van der Waals surface area contributed by atoms with Crippen molar-refractivity contribution in [2.24, 2.45) is 0 Å². The molecule has 0 bridgehead atoms. The lowest BCUT2D eigenvalue weighted by molar-refractivity contribution is 0.169. The average Bonchev–Trinajstić information content (AvgIpc) is 2.41. The highest BCUT2D eigenvalue weighted by atomic mass is 16.5. The van der Waals surface area contributed by atoms with Gasteiger partial charge in [0.15, 0.2) is 0 Å². The van der Waals surface area contributed by atoms with Gasteiger partial charge >= 0.3 is 0 Å². The normalized spacial score (nSPS) is 16.9. The molecule has 0 saturated heterocycles. The highest BCUT2D eigenvalue weighted by Crippen LogP contribution is 2.18. The van der Waals surface area contributed by atoms with Crippen LogP contribution in [0.2, 0.25) is 0 Å². The number of rotatable bonds is 4. The molecule has 1 aliphatic rings. The summed E-state index contributed by atoms with van der Waals surface area (Å²) in [5, 5.41) is 3.36. The molecule has 0 fully saturated rings. The molecule has 1 aromatic rings. The second-order valence-electron chi connectivity index (χ2n) is 5.06. The van der Waals surface area contributed by atoms with Crippen molar-refractivity contribution >= 4 is 0 Å². The van der Waals surface area contributed by atoms with E-state index < -0.39 is 0 Å². The summed E-state index contributed by atoms with van der Waals surface area (Å²) >= 11 is 0. The van der Waals surface area contributed by atoms with E-state index in [1.165, 1.54) is 16.7 Å². The minimum atomic E-state index is 0.299. The van der Waals surface area contributed by atoms with Gasteiger partial charge in [-0.15, -0.1) is 0 Å². The van der Waals surface area contributed by atoms with E-state index in [4.69, 9.17) is 4.74 Å². The molecule has 0 saturated carbocycles. The van der Waals surface area contributed by atoms with E-state index in [0.29, 0.717) is 6.04 Å². The van der Waals surface area contributed by atoms with Crippen molar-refractivity contribution in [1.82, 2.24) is 5.32 Å². The second kappa shape index (κ2) is 6.05. The monoisotopic (exact) mass is 245 g/mol. The van der Waals surface area contributed by atoms with Crippen molar-refractivity contribution in [3.63, 3.8) is 0 Å². The summed E-state index contributed by atoms with van der Waals surface area (Å²) in [6.07, 6.45) is 5.50. The Morgan fingerprint density at radius 2 is 2.11 bits per heavy atom. The van der Waals surface area contributed by atoms with Crippen molar-refractivity contribution in [3.8, 4) is 0 Å². The Morgan fingerprint density at radius 1 is 1.28 bits per heavy atom. The third-order valence-electron chi connectivity index (χ3n) is 3.67. The first-order valence-corrected chi connectivity index (χ1v) is 6.77. The van der Waals surface area contributed by atoms with Gasteiger partial charge in [-0.05, 0) is 62.9 Å². The Labute approximate surface area is 110 Å². The van der Waals surface area contributed by atoms with Gasteiger partial charge in [0.1, 0.15) is 5.76 Å². The Kier molecular flexibility index (Phi) is 4.43. The van der Waals surface area contributed by atoms with Gasteiger partial charge in [-0.2, -0.15) is 0 Å². The molecule has 0 aliphatic carbocycles. The van der Waals surface area contributed by atoms with Crippen molar-refractivity contribution in [2.75, 3.05) is 13.7 Å². The number of likely N-dealkylation sites (N-methyl/N-ethyl adjacent to an activating group) is 1. The molecule has 1 unspecified atom stereocenters. The smallest absolute Gasteiger partial charge is 0.109 e. The third kappa shape index (κ3) is 3.14. The van der Waals surface area contributed by atoms with Gasteiger partial charge in [0.25, 0.3) is 0 Å². The zero-order valence-corrected chi connectivity index (χ0v) is 11.6. The molecule has 0 amide bonds. The number of allylic oxidation sites excluding steroid dienone is 1. The first-order chi connectivity index (χ1) is 8.70. The van der Waals surface area contributed by atoms with Crippen molar-refractivity contribution in [3.05, 3.63) is 46.7 Å². The van der Waals surface area contributed by atoms with E-state index >= 15 is 0 Å². The number of hydrogen-bond acceptors (Lipinski definition) is 2. The van der Waals surface area contributed by atoms with Crippen LogP contribution in [-0.2, 0) is 11.2 Å². The summed E-state index contributed by atoms with van der Waals surface area (Å²) in [7, 11) is 2.00. The largest absolute Gasteiger partial charge is 0.497 e. The van der Waals surface area contributed by atoms with E-state index in [1.807, 2.05) is 7.05 Å². The Morgan fingerprint density at radius 3 is 2.72 bits per heavy atom. The first-order valence-electron chi connectivity index (χ1n) is 6.77. The summed E-state index contributed by atoms with van der Waals surface area (Å²) in [6.45, 7) is 5.18. The van der Waals surface area contributed by atoms with Crippen LogP contribution in [0.4, 0.5) is 0 Å². The molecule has 18 heavy (non-hydrogen) atoms. The quantitative estimate of drug-likeness (QED) is 0.880. The van der Waals surface area contributed by atoms with Gasteiger partial charge in [-0.3, -0.25) is 0 Å². The van der Waals surface area contributed by atoms with Crippen LogP contribution in [0.25, 0.3) is 0 Å². The molecular weight excluding hydrogens is 222 g/mol. The number of benzene rings is 1. The number of ether oxygens (including phenoxy) is 1. The average molecular weight is 245 g/mol. The van der Waals surface area contributed by atoms with E-state index in [2.05, 4.69) is 43.4 Å². The highest BCUT2D eigenvalue weighted by Gasteiger charge is 2.16. The zero-order valence-electron chi connectivity index (χ0n) is 11.6. The molecule has 0 radical (unpaired) electrons. The minimum Gasteiger partial charge on any atom is -0.497 e. The SMILES string of the molecule is CNC(Cc1ccc(C)c(C)c1)C1=CCCCO1. The highest BCUT2D eigenvalue weighted by molar-refractivity contribution is 5.31. The molecular formula is C16H23NO. The fourth-order valence-electron chi connectivity index (χ4n) is 2.33. The predicted octanol–water partition coefficient (Wildman–Crippen LogP) is 3.13. The molecule has 0 spiro atoms. The standard InChI is InChI=1S/C16H23NO/c1-12-7-8-14(10-13(12)2)11-15(17-3)16-6-4-5-9-18-16/h6-8,10,15,17H,4-5,9,11H2,1-3H3. The van der Waals surface area contributed by atoms with E-state index in [9.17, 15) is 0 Å². The first kappa shape index (κ1) is 13.2. The van der Waals surface area contributed by atoms with Crippen LogP contribution < -0.4 is 5.32 Å². The summed E-state index contributed by atoms with van der Waals surface area (Å²) < 4.78 is 5.76. The maximum Gasteiger partial charge on any atom is 0.109 e. The van der Waals surface area contributed by atoms with Crippen LogP contribution in [-0.4, -0.2) is 19.7 Å². The fourth-order valence-corrected chi connectivity index (χ4v) is 2.33. The summed E-state index contributed by atoms with van der Waals surface area (Å²) in [6, 6.07) is 7.00. The van der Waals surface area contributed by atoms with Crippen LogP contribution in [0.3, 0.4) is 0 Å². The number of nitrogens with one attached hydrogen (secondary N) is 1. The second-order valence-corrected chi connectivity index (χ2v) is 5.06. The lowest BCUT2D eigenvalue weighted by Gasteiger charge is -2.23. The summed E-state index contributed by atoms with van der Waals surface area (Å²) in [4.78, 5) is 0. The molecule has 2 heteroatoms. The molecule has 1 N–H and O–H groups in total. The molecule has 1 aliphatic heterocycles. The Hall–Kier alpha value is -1.28. The van der Waals surface area contributed by atoms with Gasteiger partial charge in [-0.25, -0.2) is 0 Å². The van der Waals surface area contributed by atoms with Gasteiger partial charge in [-0.1, -0.05) is 18.2 Å². The van der Waals surface area contributed by atoms with Crippen molar-refractivity contribution < 1.29 is 4.74 Å². The van der Waals surface area contributed by atoms with Gasteiger partial charge in [0, 0.05) is 0 Å². The molecule has 0 aromatic heterocycles. The number of hydrogen-bond donors (Lipinski definition) is 1. The van der Waals surface area contributed by atoms with Crippen molar-refractivity contribution in [1.29, 1.82) is 0 Å². The predicted molar refractivity (Wildman–Crippen MR) is 75.7 cm³/mol. The Bertz CT molecular complexity index is 437. The third-order valence-corrected chi connectivity index (χ3v) is 3.67. The van der Waals surface area contributed by atoms with E-state index in [1.54, 1.807) is 0 Å². The molecule has 1 aromatic carbocycles. The van der Waals surface area contributed by atoms with Crippen LogP contribution >= 0.6 is 0 Å². The Balaban J connectivity index is 2.09. The maximum absolute atomic E-state index is 5.76. The molecule has 2 rings (SSSR count). The van der Waals surface area contributed by atoms with Crippen LogP contribution in [0.1, 0.15) is 29.5 Å². The lowest BCUT2D eigenvalue weighted by atomic mass is 9.99. The zero-order chi connectivity index (χ0) is 13.0. The number of aryl methyl sites for hydroxylation is 2. The molecule has 2 nitrogen and oxygen atoms in total. The summed E-state index contributed by atoms with van der Waals surface area (Å²) in [5.41, 5.74) is 4.08.